The molecule has 6 heteroatoms. The summed E-state index contributed by atoms with van der Waals surface area (Å²) in [6, 6.07) is 4.87. The molecule has 3 N–H and O–H groups in total. The minimum Gasteiger partial charge on any atom is -0.494 e. The van der Waals surface area contributed by atoms with Gasteiger partial charge < -0.3 is 20.5 Å². The molecule has 0 aliphatic rings. The van der Waals surface area contributed by atoms with Crippen molar-refractivity contribution in [1.82, 2.24) is 5.32 Å². The van der Waals surface area contributed by atoms with Crippen molar-refractivity contribution < 1.29 is 19.1 Å². The van der Waals surface area contributed by atoms with Gasteiger partial charge in [0.25, 0.3) is 0 Å². The van der Waals surface area contributed by atoms with E-state index in [0.717, 1.165) is 0 Å². The van der Waals surface area contributed by atoms with Gasteiger partial charge in [-0.3, -0.25) is 4.79 Å². The number of carbonyl (C=O) groups excluding carboxylic acids is 2. The number of nitrogens with two attached hydrogens (primary N) is 1. The highest BCUT2D eigenvalue weighted by Crippen LogP contribution is 2.26. The van der Waals surface area contributed by atoms with Crippen molar-refractivity contribution in [2.24, 2.45) is 0 Å². The molecule has 0 heterocycles. The Labute approximate surface area is 111 Å². The number of hydrogen-bond donors (Lipinski definition) is 2. The number of para-hydroxylation sites is 1. The van der Waals surface area contributed by atoms with Crippen LogP contribution in [0.3, 0.4) is 0 Å². The molecule has 0 aliphatic heterocycles. The van der Waals surface area contributed by atoms with Gasteiger partial charge in [-0.1, -0.05) is 6.07 Å². The van der Waals surface area contributed by atoms with E-state index in [1.54, 1.807) is 25.2 Å². The normalized spacial score (nSPS) is 9.79. The molecule has 0 spiro atoms. The van der Waals surface area contributed by atoms with Gasteiger partial charge in [-0.05, 0) is 18.6 Å². The fraction of sp³-hybridized carbons (Fsp3) is 0.385. The first-order chi connectivity index (χ1) is 9.10. The number of benzene rings is 1. The van der Waals surface area contributed by atoms with Crippen molar-refractivity contribution in [3.63, 3.8) is 0 Å². The van der Waals surface area contributed by atoms with Gasteiger partial charge in [-0.2, -0.15) is 0 Å². The SMILES string of the molecule is CNC(=O)CCCOC(=O)c1cccc(N)c1OC. The highest BCUT2D eigenvalue weighted by molar-refractivity contribution is 5.94. The fourth-order valence-corrected chi connectivity index (χ4v) is 1.54. The van der Waals surface area contributed by atoms with E-state index in [4.69, 9.17) is 15.2 Å². The number of hydrogen-bond acceptors (Lipinski definition) is 5. The van der Waals surface area contributed by atoms with Crippen LogP contribution in [0.1, 0.15) is 23.2 Å². The van der Waals surface area contributed by atoms with Crippen LogP contribution in [-0.4, -0.2) is 32.6 Å². The summed E-state index contributed by atoms with van der Waals surface area (Å²) in [5.41, 5.74) is 6.35. The molecule has 0 unspecified atom stereocenters. The Balaban J connectivity index is 2.54. The minimum atomic E-state index is -0.513. The second kappa shape index (κ2) is 7.25. The van der Waals surface area contributed by atoms with Crippen LogP contribution in [0.2, 0.25) is 0 Å². The monoisotopic (exact) mass is 266 g/mol. The van der Waals surface area contributed by atoms with Crippen molar-refractivity contribution in [3.05, 3.63) is 23.8 Å². The van der Waals surface area contributed by atoms with Gasteiger partial charge in [-0.25, -0.2) is 4.79 Å². The van der Waals surface area contributed by atoms with Crippen LogP contribution < -0.4 is 15.8 Å². The number of nitrogens with one attached hydrogen (secondary N) is 1. The Hall–Kier alpha value is -2.24. The average Bonchev–Trinajstić information content (AvgIpc) is 2.42. The Morgan fingerprint density at radius 3 is 2.74 bits per heavy atom. The van der Waals surface area contributed by atoms with E-state index < -0.39 is 5.97 Å². The van der Waals surface area contributed by atoms with Crippen LogP contribution in [0.5, 0.6) is 5.75 Å². The van der Waals surface area contributed by atoms with E-state index in [-0.39, 0.29) is 18.1 Å². The molecule has 0 bridgehead atoms. The summed E-state index contributed by atoms with van der Waals surface area (Å²) >= 11 is 0. The standard InChI is InChI=1S/C13H18N2O4/c1-15-11(16)7-4-8-19-13(17)9-5-3-6-10(14)12(9)18-2/h3,5-6H,4,7-8,14H2,1-2H3,(H,15,16). The van der Waals surface area contributed by atoms with Crippen molar-refractivity contribution in [3.8, 4) is 5.75 Å². The van der Waals surface area contributed by atoms with Crippen molar-refractivity contribution in [1.29, 1.82) is 0 Å². The third kappa shape index (κ3) is 4.17. The van der Waals surface area contributed by atoms with Gasteiger partial charge >= 0.3 is 5.97 Å². The van der Waals surface area contributed by atoms with Crippen LogP contribution in [0.15, 0.2) is 18.2 Å². The van der Waals surface area contributed by atoms with Crippen LogP contribution in [-0.2, 0) is 9.53 Å². The van der Waals surface area contributed by atoms with E-state index in [9.17, 15) is 9.59 Å². The zero-order chi connectivity index (χ0) is 14.3. The third-order valence-electron chi connectivity index (χ3n) is 2.53. The number of methoxy groups -OCH3 is 1. The molecule has 0 radical (unpaired) electrons. The number of amides is 1. The maximum atomic E-state index is 11.8. The molecule has 0 aromatic heterocycles. The zero-order valence-corrected chi connectivity index (χ0v) is 11.1. The fourth-order valence-electron chi connectivity index (χ4n) is 1.54. The van der Waals surface area contributed by atoms with Crippen LogP contribution in [0.4, 0.5) is 5.69 Å². The zero-order valence-electron chi connectivity index (χ0n) is 11.1. The Morgan fingerprint density at radius 2 is 2.11 bits per heavy atom. The summed E-state index contributed by atoms with van der Waals surface area (Å²) in [6.45, 7) is 0.171. The molecule has 6 nitrogen and oxygen atoms in total. The van der Waals surface area contributed by atoms with Crippen molar-refractivity contribution in [2.75, 3.05) is 26.5 Å². The number of esters is 1. The van der Waals surface area contributed by atoms with E-state index in [2.05, 4.69) is 5.32 Å². The summed E-state index contributed by atoms with van der Waals surface area (Å²) in [4.78, 5) is 22.8. The Bertz CT molecular complexity index is 460. The largest absolute Gasteiger partial charge is 0.494 e. The minimum absolute atomic E-state index is 0.0856. The van der Waals surface area contributed by atoms with Gasteiger partial charge in [0.05, 0.1) is 19.4 Å². The molecule has 1 rings (SSSR count). The second-order valence-electron chi connectivity index (χ2n) is 3.84. The van der Waals surface area contributed by atoms with Gasteiger partial charge in [0.2, 0.25) is 5.91 Å². The maximum Gasteiger partial charge on any atom is 0.342 e. The van der Waals surface area contributed by atoms with Crippen molar-refractivity contribution in [2.45, 2.75) is 12.8 Å². The van der Waals surface area contributed by atoms with Gasteiger partial charge in [0.15, 0.2) is 5.75 Å². The molecule has 1 amide bonds. The number of rotatable bonds is 6. The molecule has 1 aromatic carbocycles. The highest BCUT2D eigenvalue weighted by Gasteiger charge is 2.15. The summed E-state index contributed by atoms with van der Waals surface area (Å²) in [5.74, 6) is -0.294. The molecule has 1 aromatic rings. The Kier molecular flexibility index (Phi) is 5.66. The first kappa shape index (κ1) is 14.8. The first-order valence-corrected chi connectivity index (χ1v) is 5.90. The molecule has 0 atom stereocenters. The number of carbonyl (C=O) groups is 2. The molecule has 104 valence electrons. The quantitative estimate of drug-likeness (QED) is 0.454. The van der Waals surface area contributed by atoms with Gasteiger partial charge in [-0.15, -0.1) is 0 Å². The third-order valence-corrected chi connectivity index (χ3v) is 2.53. The second-order valence-corrected chi connectivity index (χ2v) is 3.84. The summed E-state index contributed by atoms with van der Waals surface area (Å²) < 4.78 is 10.1. The molecule has 0 fully saturated rings. The first-order valence-electron chi connectivity index (χ1n) is 5.90. The van der Waals surface area contributed by atoms with Crippen LogP contribution >= 0.6 is 0 Å². The topological polar surface area (TPSA) is 90.7 Å². The molecular formula is C13H18N2O4. The molecule has 0 aliphatic carbocycles. The van der Waals surface area contributed by atoms with E-state index >= 15 is 0 Å². The van der Waals surface area contributed by atoms with Crippen LogP contribution in [0, 0.1) is 0 Å². The summed E-state index contributed by atoms with van der Waals surface area (Å²) in [6.07, 6.45) is 0.786. The molecule has 19 heavy (non-hydrogen) atoms. The average molecular weight is 266 g/mol. The smallest absolute Gasteiger partial charge is 0.342 e. The van der Waals surface area contributed by atoms with Gasteiger partial charge in [0, 0.05) is 13.5 Å². The lowest BCUT2D eigenvalue weighted by Crippen LogP contribution is -2.18. The molecule has 0 saturated carbocycles. The summed E-state index contributed by atoms with van der Waals surface area (Å²) in [7, 11) is 3.00. The number of nitrogen functional groups attached to an aromatic ring is 1. The lowest BCUT2D eigenvalue weighted by atomic mass is 10.2. The van der Waals surface area contributed by atoms with Crippen LogP contribution in [0.25, 0.3) is 0 Å². The predicted molar refractivity (Wildman–Crippen MR) is 71.0 cm³/mol. The predicted octanol–water partition coefficient (Wildman–Crippen LogP) is 0.960. The molecule has 0 saturated heterocycles. The number of anilines is 1. The highest BCUT2D eigenvalue weighted by atomic mass is 16.5. The molecular weight excluding hydrogens is 248 g/mol. The lowest BCUT2D eigenvalue weighted by Gasteiger charge is -2.10. The Morgan fingerprint density at radius 1 is 1.37 bits per heavy atom. The lowest BCUT2D eigenvalue weighted by molar-refractivity contribution is -0.120. The summed E-state index contributed by atoms with van der Waals surface area (Å²) in [5, 5.41) is 2.49. The van der Waals surface area contributed by atoms with Gasteiger partial charge in [0.1, 0.15) is 5.56 Å². The van der Waals surface area contributed by atoms with E-state index in [1.807, 2.05) is 0 Å². The van der Waals surface area contributed by atoms with Crippen molar-refractivity contribution >= 4 is 17.6 Å². The maximum absolute atomic E-state index is 11.8. The van der Waals surface area contributed by atoms with E-state index in [1.165, 1.54) is 7.11 Å². The van der Waals surface area contributed by atoms with E-state index in [0.29, 0.717) is 24.3 Å². The number of ether oxygens (including phenoxy) is 2.